The lowest BCUT2D eigenvalue weighted by Crippen LogP contribution is -2.43. The third-order valence-corrected chi connectivity index (χ3v) is 2.36. The quantitative estimate of drug-likeness (QED) is 0.689. The average Bonchev–Trinajstić information content (AvgIpc) is 2.53. The van der Waals surface area contributed by atoms with E-state index in [9.17, 15) is 4.79 Å². The van der Waals surface area contributed by atoms with Crippen molar-refractivity contribution >= 4 is 5.91 Å². The minimum absolute atomic E-state index is 0.134. The van der Waals surface area contributed by atoms with E-state index < -0.39 is 0 Å². The van der Waals surface area contributed by atoms with Crippen LogP contribution >= 0.6 is 0 Å². The first-order valence-electron chi connectivity index (χ1n) is 4.42. The molecule has 1 amide bonds. The highest BCUT2D eigenvalue weighted by Gasteiger charge is 2.27. The van der Waals surface area contributed by atoms with E-state index in [2.05, 4.69) is 27.7 Å². The van der Waals surface area contributed by atoms with Crippen LogP contribution < -0.4 is 5.32 Å². The Bertz CT molecular complexity index is 289. The van der Waals surface area contributed by atoms with Crippen LogP contribution in [-0.2, 0) is 0 Å². The fourth-order valence-electron chi connectivity index (χ4n) is 1.59. The molecular formula is C8H12N4O. The normalized spacial score (nSPS) is 26.5. The van der Waals surface area contributed by atoms with Crippen LogP contribution in [0.15, 0.2) is 6.20 Å². The summed E-state index contributed by atoms with van der Waals surface area (Å²) in [6.07, 6.45) is 3.57. The van der Waals surface area contributed by atoms with Gasteiger partial charge in [0.2, 0.25) is 0 Å². The lowest BCUT2D eigenvalue weighted by atomic mass is 9.82. The van der Waals surface area contributed by atoms with Gasteiger partial charge in [0, 0.05) is 6.04 Å². The number of aromatic nitrogens is 3. The van der Waals surface area contributed by atoms with Crippen molar-refractivity contribution in [3.63, 3.8) is 0 Å². The second-order valence-corrected chi connectivity index (χ2v) is 3.60. The van der Waals surface area contributed by atoms with Crippen LogP contribution in [0.5, 0.6) is 0 Å². The van der Waals surface area contributed by atoms with E-state index in [4.69, 9.17) is 0 Å². The zero-order valence-corrected chi connectivity index (χ0v) is 7.45. The van der Waals surface area contributed by atoms with E-state index >= 15 is 0 Å². The van der Waals surface area contributed by atoms with Gasteiger partial charge in [-0.2, -0.15) is 15.4 Å². The SMILES string of the molecule is CC1CC(NC(=O)c2cn[nH]n2)C1. The molecule has 1 aliphatic carbocycles. The molecule has 0 bridgehead atoms. The minimum Gasteiger partial charge on any atom is -0.348 e. The Morgan fingerprint density at radius 3 is 3.00 bits per heavy atom. The van der Waals surface area contributed by atoms with Crippen molar-refractivity contribution in [3.8, 4) is 0 Å². The fraction of sp³-hybridized carbons (Fsp3) is 0.625. The van der Waals surface area contributed by atoms with Crippen LogP contribution in [0.2, 0.25) is 0 Å². The lowest BCUT2D eigenvalue weighted by Gasteiger charge is -2.32. The van der Waals surface area contributed by atoms with Crippen molar-refractivity contribution in [1.29, 1.82) is 0 Å². The smallest absolute Gasteiger partial charge is 0.273 e. The van der Waals surface area contributed by atoms with Gasteiger partial charge in [-0.15, -0.1) is 0 Å². The van der Waals surface area contributed by atoms with Gasteiger partial charge in [-0.3, -0.25) is 4.79 Å². The third-order valence-electron chi connectivity index (χ3n) is 2.36. The number of hydrogen-bond donors (Lipinski definition) is 2. The number of aromatic amines is 1. The number of nitrogens with one attached hydrogen (secondary N) is 2. The maximum absolute atomic E-state index is 11.4. The molecule has 1 heterocycles. The fourth-order valence-corrected chi connectivity index (χ4v) is 1.59. The van der Waals surface area contributed by atoms with Gasteiger partial charge in [-0.05, 0) is 18.8 Å². The van der Waals surface area contributed by atoms with Crippen LogP contribution in [0.4, 0.5) is 0 Å². The molecule has 1 aliphatic rings. The van der Waals surface area contributed by atoms with E-state index in [0.29, 0.717) is 11.7 Å². The maximum Gasteiger partial charge on any atom is 0.273 e. The van der Waals surface area contributed by atoms with Crippen molar-refractivity contribution < 1.29 is 4.79 Å². The van der Waals surface area contributed by atoms with Gasteiger partial charge in [-0.1, -0.05) is 6.92 Å². The molecule has 70 valence electrons. The molecule has 2 N–H and O–H groups in total. The Balaban J connectivity index is 1.86. The van der Waals surface area contributed by atoms with Crippen LogP contribution in [0.3, 0.4) is 0 Å². The molecule has 5 heteroatoms. The molecule has 0 saturated heterocycles. The first-order valence-corrected chi connectivity index (χ1v) is 4.42. The molecule has 1 aromatic rings. The number of rotatable bonds is 2. The molecule has 2 rings (SSSR count). The molecule has 0 spiro atoms. The van der Waals surface area contributed by atoms with Crippen LogP contribution in [-0.4, -0.2) is 27.4 Å². The number of carbonyl (C=O) groups excluding carboxylic acids is 1. The van der Waals surface area contributed by atoms with E-state index in [0.717, 1.165) is 18.8 Å². The molecule has 13 heavy (non-hydrogen) atoms. The standard InChI is InChI=1S/C8H12N4O/c1-5-2-6(3-5)10-8(13)7-4-9-12-11-7/h4-6H,2-3H2,1H3,(H,10,13)(H,9,11,12). The molecular weight excluding hydrogens is 168 g/mol. The van der Waals surface area contributed by atoms with Crippen LogP contribution in [0, 0.1) is 5.92 Å². The number of amides is 1. The average molecular weight is 180 g/mol. The van der Waals surface area contributed by atoms with Crippen LogP contribution in [0.25, 0.3) is 0 Å². The molecule has 0 aromatic carbocycles. The van der Waals surface area contributed by atoms with Crippen LogP contribution in [0.1, 0.15) is 30.3 Å². The Hall–Kier alpha value is -1.39. The van der Waals surface area contributed by atoms with E-state index in [1.807, 2.05) is 0 Å². The summed E-state index contributed by atoms with van der Waals surface area (Å²) < 4.78 is 0. The minimum atomic E-state index is -0.134. The molecule has 1 fully saturated rings. The Labute approximate surface area is 75.9 Å². The summed E-state index contributed by atoms with van der Waals surface area (Å²) in [6.45, 7) is 2.18. The second-order valence-electron chi connectivity index (χ2n) is 3.60. The van der Waals surface area contributed by atoms with Gasteiger partial charge in [-0.25, -0.2) is 0 Å². The monoisotopic (exact) mass is 180 g/mol. The van der Waals surface area contributed by atoms with Crippen molar-refractivity contribution in [2.24, 2.45) is 5.92 Å². The summed E-state index contributed by atoms with van der Waals surface area (Å²) in [5.74, 6) is 0.605. The summed E-state index contributed by atoms with van der Waals surface area (Å²) >= 11 is 0. The van der Waals surface area contributed by atoms with Crippen molar-refractivity contribution in [1.82, 2.24) is 20.7 Å². The predicted molar refractivity (Wildman–Crippen MR) is 46.0 cm³/mol. The van der Waals surface area contributed by atoms with Gasteiger partial charge >= 0.3 is 0 Å². The van der Waals surface area contributed by atoms with Gasteiger partial charge in [0.05, 0.1) is 6.20 Å². The third kappa shape index (κ3) is 1.68. The Kier molecular flexibility index (Phi) is 2.00. The predicted octanol–water partition coefficient (Wildman–Crippen LogP) is 0.333. The highest BCUT2D eigenvalue weighted by atomic mass is 16.2. The molecule has 0 unspecified atom stereocenters. The van der Waals surface area contributed by atoms with E-state index in [1.165, 1.54) is 6.20 Å². The first-order chi connectivity index (χ1) is 6.25. The Morgan fingerprint density at radius 1 is 1.69 bits per heavy atom. The molecule has 1 saturated carbocycles. The topological polar surface area (TPSA) is 70.7 Å². The molecule has 0 atom stereocenters. The molecule has 1 aromatic heterocycles. The van der Waals surface area contributed by atoms with Crippen molar-refractivity contribution in [3.05, 3.63) is 11.9 Å². The summed E-state index contributed by atoms with van der Waals surface area (Å²) in [5, 5.41) is 12.6. The van der Waals surface area contributed by atoms with Gasteiger partial charge in [0.25, 0.3) is 5.91 Å². The number of H-pyrrole nitrogens is 1. The molecule has 0 radical (unpaired) electrons. The van der Waals surface area contributed by atoms with Gasteiger partial charge in [0.15, 0.2) is 5.69 Å². The summed E-state index contributed by atoms with van der Waals surface area (Å²) in [7, 11) is 0. The summed E-state index contributed by atoms with van der Waals surface area (Å²) in [4.78, 5) is 11.4. The highest BCUT2D eigenvalue weighted by molar-refractivity contribution is 5.92. The van der Waals surface area contributed by atoms with Gasteiger partial charge in [0.1, 0.15) is 0 Å². The number of nitrogens with zero attached hydrogens (tertiary/aromatic N) is 2. The molecule has 5 nitrogen and oxygen atoms in total. The van der Waals surface area contributed by atoms with Crippen molar-refractivity contribution in [2.45, 2.75) is 25.8 Å². The van der Waals surface area contributed by atoms with Crippen molar-refractivity contribution in [2.75, 3.05) is 0 Å². The second kappa shape index (κ2) is 3.16. The highest BCUT2D eigenvalue weighted by Crippen LogP contribution is 2.26. The Morgan fingerprint density at radius 2 is 2.46 bits per heavy atom. The first kappa shape index (κ1) is 8.22. The summed E-state index contributed by atoms with van der Waals surface area (Å²) in [5.41, 5.74) is 0.361. The lowest BCUT2D eigenvalue weighted by molar-refractivity contribution is 0.0891. The number of hydrogen-bond acceptors (Lipinski definition) is 3. The zero-order chi connectivity index (χ0) is 9.26. The largest absolute Gasteiger partial charge is 0.348 e. The maximum atomic E-state index is 11.4. The zero-order valence-electron chi connectivity index (χ0n) is 7.45. The molecule has 0 aliphatic heterocycles. The summed E-state index contributed by atoms with van der Waals surface area (Å²) in [6, 6.07) is 0.333. The van der Waals surface area contributed by atoms with E-state index in [-0.39, 0.29) is 5.91 Å². The number of carbonyl (C=O) groups is 1. The van der Waals surface area contributed by atoms with Gasteiger partial charge < -0.3 is 5.32 Å². The van der Waals surface area contributed by atoms with E-state index in [1.54, 1.807) is 0 Å².